The van der Waals surface area contributed by atoms with Crippen molar-refractivity contribution in [2.24, 2.45) is 0 Å². The number of hydrogen-bond donors (Lipinski definition) is 0. The maximum atomic E-state index is 12.1. The van der Waals surface area contributed by atoms with Crippen molar-refractivity contribution in [1.29, 1.82) is 0 Å². The first kappa shape index (κ1) is 12.9. The Morgan fingerprint density at radius 1 is 1.25 bits per heavy atom. The van der Waals surface area contributed by atoms with Crippen molar-refractivity contribution < 1.29 is 9.53 Å². The highest BCUT2D eigenvalue weighted by atomic mass is 16.5. The van der Waals surface area contributed by atoms with E-state index in [1.165, 1.54) is 22.2 Å². The van der Waals surface area contributed by atoms with E-state index in [1.807, 2.05) is 26.0 Å². The second-order valence-corrected chi connectivity index (χ2v) is 5.31. The van der Waals surface area contributed by atoms with Gasteiger partial charge in [-0.25, -0.2) is 4.68 Å². The summed E-state index contributed by atoms with van der Waals surface area (Å²) in [7, 11) is 0. The van der Waals surface area contributed by atoms with Crippen LogP contribution < -0.4 is 4.74 Å². The quantitative estimate of drug-likeness (QED) is 0.861. The molecule has 104 valence electrons. The topological polar surface area (TPSA) is 44.1 Å². The smallest absolute Gasteiger partial charge is 0.284 e. The normalized spacial score (nSPS) is 13.3. The number of fused-ring (bicyclic) bond motifs is 1. The summed E-state index contributed by atoms with van der Waals surface area (Å²) in [4.78, 5) is 12.1. The molecular weight excluding hydrogens is 252 g/mol. The van der Waals surface area contributed by atoms with E-state index >= 15 is 0 Å². The number of benzene rings is 1. The molecule has 4 heteroatoms. The molecule has 2 aromatic rings. The summed E-state index contributed by atoms with van der Waals surface area (Å²) in [6, 6.07) is 7.98. The number of carbonyl (C=O) groups is 1. The van der Waals surface area contributed by atoms with E-state index in [4.69, 9.17) is 4.74 Å². The van der Waals surface area contributed by atoms with E-state index < -0.39 is 0 Å². The van der Waals surface area contributed by atoms with Gasteiger partial charge in [0, 0.05) is 5.69 Å². The molecule has 0 amide bonds. The Bertz CT molecular complexity index is 658. The van der Waals surface area contributed by atoms with Gasteiger partial charge >= 0.3 is 0 Å². The Labute approximate surface area is 118 Å². The summed E-state index contributed by atoms with van der Waals surface area (Å²) < 4.78 is 7.01. The molecule has 20 heavy (non-hydrogen) atoms. The molecule has 0 fully saturated rings. The molecular formula is C16H18N2O2. The number of ether oxygens (including phenoxy) is 1. The summed E-state index contributed by atoms with van der Waals surface area (Å²) in [6.45, 7) is 3.76. The lowest BCUT2D eigenvalue weighted by Gasteiger charge is -2.08. The molecule has 3 rings (SSSR count). The zero-order chi connectivity index (χ0) is 14.1. The molecule has 0 bridgehead atoms. The average Bonchev–Trinajstić information content (AvgIpc) is 3.01. The number of rotatable bonds is 3. The second kappa shape index (κ2) is 5.12. The number of carbonyl (C=O) groups excluding carboxylic acids is 1. The lowest BCUT2D eigenvalue weighted by atomic mass is 10.1. The molecule has 1 aliphatic carbocycles. The van der Waals surface area contributed by atoms with Crippen LogP contribution in [0.25, 0.3) is 0 Å². The van der Waals surface area contributed by atoms with E-state index in [-0.39, 0.29) is 12.5 Å². The fraction of sp³-hybridized carbons (Fsp3) is 0.375. The van der Waals surface area contributed by atoms with Crippen LogP contribution in [0.3, 0.4) is 0 Å². The van der Waals surface area contributed by atoms with Crippen LogP contribution in [0.1, 0.15) is 33.7 Å². The Morgan fingerprint density at radius 2 is 2.05 bits per heavy atom. The second-order valence-electron chi connectivity index (χ2n) is 5.31. The first-order valence-electron chi connectivity index (χ1n) is 6.94. The fourth-order valence-corrected chi connectivity index (χ4v) is 2.73. The Morgan fingerprint density at radius 3 is 2.80 bits per heavy atom. The van der Waals surface area contributed by atoms with Gasteiger partial charge in [-0.05, 0) is 62.4 Å². The number of hydrogen-bond acceptors (Lipinski definition) is 3. The van der Waals surface area contributed by atoms with Crippen LogP contribution in [-0.4, -0.2) is 22.3 Å². The predicted molar refractivity (Wildman–Crippen MR) is 76.3 cm³/mol. The van der Waals surface area contributed by atoms with Gasteiger partial charge in [-0.3, -0.25) is 4.79 Å². The minimum Gasteiger partial charge on any atom is -0.484 e. The van der Waals surface area contributed by atoms with Crippen molar-refractivity contribution in [3.63, 3.8) is 0 Å². The van der Waals surface area contributed by atoms with Crippen molar-refractivity contribution in [3.05, 3.63) is 46.8 Å². The van der Waals surface area contributed by atoms with Crippen LogP contribution in [0.5, 0.6) is 5.75 Å². The molecule has 1 heterocycles. The minimum atomic E-state index is -0.143. The molecule has 0 saturated carbocycles. The molecule has 0 aliphatic heterocycles. The van der Waals surface area contributed by atoms with Crippen molar-refractivity contribution >= 4 is 5.91 Å². The average molecular weight is 270 g/mol. The van der Waals surface area contributed by atoms with Gasteiger partial charge in [0.1, 0.15) is 5.75 Å². The van der Waals surface area contributed by atoms with Gasteiger partial charge in [0.15, 0.2) is 6.61 Å². The van der Waals surface area contributed by atoms with Crippen LogP contribution in [0.15, 0.2) is 24.3 Å². The molecule has 0 radical (unpaired) electrons. The summed E-state index contributed by atoms with van der Waals surface area (Å²) in [5.41, 5.74) is 4.43. The summed E-state index contributed by atoms with van der Waals surface area (Å²) in [5, 5.41) is 4.17. The molecule has 0 atom stereocenters. The van der Waals surface area contributed by atoms with Crippen LogP contribution in [-0.2, 0) is 12.8 Å². The maximum Gasteiger partial charge on any atom is 0.284 e. The van der Waals surface area contributed by atoms with Crippen molar-refractivity contribution in [3.8, 4) is 5.75 Å². The van der Waals surface area contributed by atoms with Crippen molar-refractivity contribution in [2.45, 2.75) is 33.1 Å². The van der Waals surface area contributed by atoms with Gasteiger partial charge in [-0.2, -0.15) is 5.10 Å². The third-order valence-corrected chi connectivity index (χ3v) is 3.68. The molecule has 1 aliphatic rings. The van der Waals surface area contributed by atoms with Gasteiger partial charge in [0.25, 0.3) is 5.91 Å². The van der Waals surface area contributed by atoms with Crippen molar-refractivity contribution in [2.75, 3.05) is 6.61 Å². The van der Waals surface area contributed by atoms with Gasteiger partial charge in [0.05, 0.1) is 5.69 Å². The zero-order valence-electron chi connectivity index (χ0n) is 11.8. The lowest BCUT2D eigenvalue weighted by Crippen LogP contribution is -2.21. The van der Waals surface area contributed by atoms with Crippen LogP contribution in [0, 0.1) is 13.8 Å². The molecule has 0 saturated heterocycles. The Kier molecular flexibility index (Phi) is 3.30. The summed E-state index contributed by atoms with van der Waals surface area (Å²) in [5.74, 6) is 0.622. The monoisotopic (exact) mass is 270 g/mol. The lowest BCUT2D eigenvalue weighted by molar-refractivity contribution is 0.0818. The number of nitrogens with zero attached hydrogens (tertiary/aromatic N) is 2. The first-order chi connectivity index (χ1) is 9.63. The first-order valence-corrected chi connectivity index (χ1v) is 6.94. The summed E-state index contributed by atoms with van der Waals surface area (Å²) in [6.07, 6.45) is 3.47. The van der Waals surface area contributed by atoms with Gasteiger partial charge in [-0.15, -0.1) is 0 Å². The van der Waals surface area contributed by atoms with E-state index in [0.29, 0.717) is 0 Å². The Balaban J connectivity index is 1.67. The summed E-state index contributed by atoms with van der Waals surface area (Å²) >= 11 is 0. The highest BCUT2D eigenvalue weighted by Gasteiger charge is 2.13. The van der Waals surface area contributed by atoms with Gasteiger partial charge < -0.3 is 4.74 Å². The largest absolute Gasteiger partial charge is 0.484 e. The maximum absolute atomic E-state index is 12.1. The van der Waals surface area contributed by atoms with E-state index in [2.05, 4.69) is 17.2 Å². The van der Waals surface area contributed by atoms with E-state index in [0.717, 1.165) is 30.0 Å². The van der Waals surface area contributed by atoms with Crippen LogP contribution in [0.2, 0.25) is 0 Å². The van der Waals surface area contributed by atoms with E-state index in [9.17, 15) is 4.79 Å². The fourth-order valence-electron chi connectivity index (χ4n) is 2.73. The third-order valence-electron chi connectivity index (χ3n) is 3.68. The minimum absolute atomic E-state index is 0.0146. The molecule has 0 unspecified atom stereocenters. The molecule has 0 N–H and O–H groups in total. The highest BCUT2D eigenvalue weighted by molar-refractivity contribution is 5.80. The van der Waals surface area contributed by atoms with E-state index in [1.54, 1.807) is 0 Å². The molecule has 0 spiro atoms. The predicted octanol–water partition coefficient (Wildman–Crippen LogP) is 2.71. The SMILES string of the molecule is Cc1cc(C)n(C(=O)COc2ccc3c(c2)CCC3)n1. The Hall–Kier alpha value is -2.10. The number of aromatic nitrogens is 2. The standard InChI is InChI=1S/C16H18N2O2/c1-11-8-12(2)18(17-11)16(19)10-20-15-7-6-13-4-3-5-14(13)9-15/h6-9H,3-5,10H2,1-2H3. The van der Waals surface area contributed by atoms with Gasteiger partial charge in [0.2, 0.25) is 0 Å². The molecule has 4 nitrogen and oxygen atoms in total. The molecule has 1 aromatic heterocycles. The highest BCUT2D eigenvalue weighted by Crippen LogP contribution is 2.25. The van der Waals surface area contributed by atoms with Gasteiger partial charge in [-0.1, -0.05) is 6.07 Å². The zero-order valence-corrected chi connectivity index (χ0v) is 11.8. The van der Waals surface area contributed by atoms with Crippen LogP contribution >= 0.6 is 0 Å². The van der Waals surface area contributed by atoms with Crippen LogP contribution in [0.4, 0.5) is 0 Å². The third kappa shape index (κ3) is 2.46. The number of aryl methyl sites for hydroxylation is 4. The molecule has 1 aromatic carbocycles. The van der Waals surface area contributed by atoms with Crippen molar-refractivity contribution in [1.82, 2.24) is 9.78 Å².